The van der Waals surface area contributed by atoms with Crippen molar-refractivity contribution < 1.29 is 38.0 Å². The van der Waals surface area contributed by atoms with E-state index in [2.05, 4.69) is 83.1 Å². The Bertz CT molecular complexity index is 1200. The van der Waals surface area contributed by atoms with Crippen LogP contribution >= 0.6 is 0 Å². The van der Waals surface area contributed by atoms with Crippen LogP contribution in [0.15, 0.2) is 60.7 Å². The maximum Gasteiger partial charge on any atom is 0.261 e. The van der Waals surface area contributed by atoms with E-state index in [1.807, 2.05) is 12.1 Å². The molecule has 9 atom stereocenters. The summed E-state index contributed by atoms with van der Waals surface area (Å²) in [5.41, 5.74) is 0. The average molecular weight is 627 g/mol. The highest BCUT2D eigenvalue weighted by Crippen LogP contribution is 2.53. The summed E-state index contributed by atoms with van der Waals surface area (Å²) in [6.45, 7) is 12.4. The molecule has 0 unspecified atom stereocenters. The van der Waals surface area contributed by atoms with Crippen LogP contribution in [-0.4, -0.2) is 82.6 Å². The van der Waals surface area contributed by atoms with Gasteiger partial charge in [0.05, 0.1) is 19.8 Å². The number of methoxy groups -OCH3 is 1. The standard InChI is InChI=1S/C35H50O8Si/c1-24-17-19-38-34(21-24)35(22-25(2)18-20-39-35)43-31-30(42-34)29(36)28(41-32(31)37-6)23-40-44(33(3,4)5,26-13-9-7-10-14-26)27-15-11-8-12-16-27/h7-16,24-25,28-32,36H,17-23H2,1-6H3/t24-,25+,28+,29+,30-,31+,32-,34+,35+/m0/s1. The van der Waals surface area contributed by atoms with Gasteiger partial charge in [-0.25, -0.2) is 0 Å². The van der Waals surface area contributed by atoms with Crippen molar-refractivity contribution in [1.82, 2.24) is 0 Å². The number of hydrogen-bond acceptors (Lipinski definition) is 8. The van der Waals surface area contributed by atoms with E-state index in [0.717, 1.165) is 23.2 Å². The molecule has 242 valence electrons. The van der Waals surface area contributed by atoms with Gasteiger partial charge >= 0.3 is 0 Å². The molecule has 4 heterocycles. The van der Waals surface area contributed by atoms with Crippen LogP contribution in [0.25, 0.3) is 0 Å². The van der Waals surface area contributed by atoms with Gasteiger partial charge in [0.1, 0.15) is 24.4 Å². The summed E-state index contributed by atoms with van der Waals surface area (Å²) < 4.78 is 46.3. The molecular formula is C35H50O8Si. The molecule has 4 saturated heterocycles. The Morgan fingerprint density at radius 2 is 1.32 bits per heavy atom. The third-order valence-electron chi connectivity index (χ3n) is 10.1. The molecule has 2 aromatic rings. The van der Waals surface area contributed by atoms with Gasteiger partial charge in [-0.3, -0.25) is 0 Å². The third kappa shape index (κ3) is 5.52. The summed E-state index contributed by atoms with van der Waals surface area (Å²) in [5.74, 6) is -1.50. The minimum absolute atomic E-state index is 0.157. The second kappa shape index (κ2) is 12.5. The van der Waals surface area contributed by atoms with Crippen LogP contribution in [0.5, 0.6) is 0 Å². The van der Waals surface area contributed by atoms with Gasteiger partial charge in [0.2, 0.25) is 11.6 Å². The van der Waals surface area contributed by atoms with Gasteiger partial charge in [0.15, 0.2) is 6.29 Å². The molecule has 44 heavy (non-hydrogen) atoms. The Balaban J connectivity index is 1.33. The lowest BCUT2D eigenvalue weighted by Crippen LogP contribution is -2.76. The lowest BCUT2D eigenvalue weighted by molar-refractivity contribution is -0.512. The van der Waals surface area contributed by atoms with Crippen molar-refractivity contribution in [2.75, 3.05) is 26.9 Å². The zero-order valence-electron chi connectivity index (χ0n) is 27.1. The molecule has 0 bridgehead atoms. The molecule has 4 aliphatic heterocycles. The van der Waals surface area contributed by atoms with E-state index in [0.29, 0.717) is 37.9 Å². The highest BCUT2D eigenvalue weighted by Gasteiger charge is 2.68. The molecule has 0 aromatic heterocycles. The summed E-state index contributed by atoms with van der Waals surface area (Å²) in [5, 5.41) is 14.1. The third-order valence-corrected chi connectivity index (χ3v) is 15.1. The van der Waals surface area contributed by atoms with Crippen LogP contribution in [0.2, 0.25) is 5.04 Å². The number of aliphatic hydroxyl groups is 1. The SMILES string of the molecule is CO[C@H]1O[C@H](CO[Si](c2ccccc2)(c2ccccc2)C(C)(C)C)[C@@H](O)[C@@H]2O[C@]3(C[C@@H](C)CCO3)[C@@]3(C[C@H](C)CCO3)O[C@@H]12. The lowest BCUT2D eigenvalue weighted by atomic mass is 9.80. The Kier molecular flexibility index (Phi) is 9.18. The predicted octanol–water partition coefficient (Wildman–Crippen LogP) is 4.36. The summed E-state index contributed by atoms with van der Waals surface area (Å²) >= 11 is 0. The Morgan fingerprint density at radius 1 is 0.818 bits per heavy atom. The molecule has 9 heteroatoms. The van der Waals surface area contributed by atoms with Crippen molar-refractivity contribution in [2.45, 2.75) is 108 Å². The molecule has 1 N–H and O–H groups in total. The largest absolute Gasteiger partial charge is 0.405 e. The maximum atomic E-state index is 12.0. The molecule has 0 aliphatic carbocycles. The van der Waals surface area contributed by atoms with Gasteiger partial charge in [0.25, 0.3) is 8.32 Å². The van der Waals surface area contributed by atoms with Gasteiger partial charge in [0, 0.05) is 20.0 Å². The van der Waals surface area contributed by atoms with Gasteiger partial charge in [-0.2, -0.15) is 0 Å². The molecule has 4 fully saturated rings. The number of hydrogen-bond donors (Lipinski definition) is 1. The number of benzene rings is 2. The minimum atomic E-state index is -2.87. The highest BCUT2D eigenvalue weighted by atomic mass is 28.4. The van der Waals surface area contributed by atoms with E-state index in [1.54, 1.807) is 7.11 Å². The van der Waals surface area contributed by atoms with Gasteiger partial charge in [-0.05, 0) is 40.1 Å². The van der Waals surface area contributed by atoms with E-state index < -0.39 is 50.6 Å². The second-order valence-corrected chi connectivity index (χ2v) is 18.6. The molecule has 4 aliphatic rings. The molecule has 0 radical (unpaired) electrons. The summed E-state index contributed by atoms with van der Waals surface area (Å²) in [4.78, 5) is 0. The minimum Gasteiger partial charge on any atom is -0.405 e. The maximum absolute atomic E-state index is 12.0. The number of ether oxygens (including phenoxy) is 6. The fourth-order valence-corrected chi connectivity index (χ4v) is 12.4. The molecule has 0 amide bonds. The summed E-state index contributed by atoms with van der Waals surface area (Å²) in [6, 6.07) is 20.9. The first-order valence-corrected chi connectivity index (χ1v) is 18.2. The van der Waals surface area contributed by atoms with Crippen LogP contribution in [0, 0.1) is 11.8 Å². The van der Waals surface area contributed by atoms with Crippen LogP contribution in [-0.2, 0) is 32.8 Å². The number of fused-ring (bicyclic) bond motifs is 2. The molecule has 8 nitrogen and oxygen atoms in total. The van der Waals surface area contributed by atoms with Crippen molar-refractivity contribution in [3.05, 3.63) is 60.7 Å². The summed E-state index contributed by atoms with van der Waals surface area (Å²) in [7, 11) is -1.27. The zero-order valence-corrected chi connectivity index (χ0v) is 28.1. The monoisotopic (exact) mass is 626 g/mol. The first-order chi connectivity index (χ1) is 21.0. The van der Waals surface area contributed by atoms with Gasteiger partial charge < -0.3 is 38.0 Å². The number of rotatable bonds is 6. The zero-order chi connectivity index (χ0) is 31.2. The quantitative estimate of drug-likeness (QED) is 0.474. The number of aliphatic hydroxyl groups excluding tert-OH is 1. The van der Waals surface area contributed by atoms with Gasteiger partial charge in [-0.15, -0.1) is 0 Å². The fraction of sp³-hybridized carbons (Fsp3) is 0.657. The van der Waals surface area contributed by atoms with Crippen LogP contribution < -0.4 is 10.4 Å². The molecule has 2 aromatic carbocycles. The van der Waals surface area contributed by atoms with E-state index in [1.165, 1.54) is 0 Å². The van der Waals surface area contributed by atoms with E-state index in [4.69, 9.17) is 32.8 Å². The van der Waals surface area contributed by atoms with Crippen molar-refractivity contribution in [3.63, 3.8) is 0 Å². The van der Waals surface area contributed by atoms with Crippen molar-refractivity contribution >= 4 is 18.7 Å². The Morgan fingerprint density at radius 3 is 1.77 bits per heavy atom. The van der Waals surface area contributed by atoms with E-state index in [-0.39, 0.29) is 11.6 Å². The smallest absolute Gasteiger partial charge is 0.261 e. The summed E-state index contributed by atoms with van der Waals surface area (Å²) in [6.07, 6.45) is -0.856. The topological polar surface area (TPSA) is 84.8 Å². The average Bonchev–Trinajstić information content (AvgIpc) is 3.00. The first-order valence-electron chi connectivity index (χ1n) is 16.3. The van der Waals surface area contributed by atoms with Crippen molar-refractivity contribution in [1.29, 1.82) is 0 Å². The van der Waals surface area contributed by atoms with Crippen molar-refractivity contribution in [2.24, 2.45) is 11.8 Å². The van der Waals surface area contributed by atoms with E-state index in [9.17, 15) is 5.11 Å². The van der Waals surface area contributed by atoms with Crippen LogP contribution in [0.4, 0.5) is 0 Å². The van der Waals surface area contributed by atoms with Crippen molar-refractivity contribution in [3.8, 4) is 0 Å². The van der Waals surface area contributed by atoms with E-state index >= 15 is 0 Å². The Hall–Kier alpha value is -1.66. The molecule has 2 spiro atoms. The normalized spacial score (nSPS) is 38.0. The molecular weight excluding hydrogens is 576 g/mol. The molecule has 0 saturated carbocycles. The highest BCUT2D eigenvalue weighted by molar-refractivity contribution is 6.99. The second-order valence-electron chi connectivity index (χ2n) is 14.3. The fourth-order valence-electron chi connectivity index (χ4n) is 7.85. The first kappa shape index (κ1) is 32.3. The van der Waals surface area contributed by atoms with Gasteiger partial charge in [-0.1, -0.05) is 95.3 Å². The Labute approximate surface area is 263 Å². The van der Waals surface area contributed by atoms with Crippen LogP contribution in [0.3, 0.4) is 0 Å². The predicted molar refractivity (Wildman–Crippen MR) is 169 cm³/mol. The molecule has 6 rings (SSSR count). The lowest BCUT2D eigenvalue weighted by Gasteiger charge is -2.61. The van der Waals surface area contributed by atoms with Crippen LogP contribution in [0.1, 0.15) is 60.3 Å².